The van der Waals surface area contributed by atoms with Gasteiger partial charge in [-0.15, -0.1) is 0 Å². The molecule has 4 aromatic carbocycles. The number of aryl methyl sites for hydroxylation is 1. The van der Waals surface area contributed by atoms with Gasteiger partial charge in [-0.2, -0.15) is 0 Å². The highest BCUT2D eigenvalue weighted by molar-refractivity contribution is 5.95. The summed E-state index contributed by atoms with van der Waals surface area (Å²) in [5.41, 5.74) is 6.93. The smallest absolute Gasteiger partial charge is 0.297 e. The molecule has 1 aliphatic rings. The summed E-state index contributed by atoms with van der Waals surface area (Å²) < 4.78 is 15.8. The molecule has 6 nitrogen and oxygen atoms in total. The fourth-order valence-electron chi connectivity index (χ4n) is 5.59. The Morgan fingerprint density at radius 2 is 1.52 bits per heavy atom. The highest BCUT2D eigenvalue weighted by Gasteiger charge is 2.32. The van der Waals surface area contributed by atoms with Crippen LogP contribution in [-0.4, -0.2) is 22.2 Å². The molecule has 210 valence electrons. The van der Waals surface area contributed by atoms with Crippen molar-refractivity contribution in [3.63, 3.8) is 0 Å². The molecule has 6 heteroatoms. The molecule has 42 heavy (non-hydrogen) atoms. The van der Waals surface area contributed by atoms with Crippen molar-refractivity contribution >= 4 is 17.7 Å². The van der Waals surface area contributed by atoms with E-state index in [0.29, 0.717) is 18.1 Å². The van der Waals surface area contributed by atoms with Crippen LogP contribution in [0.5, 0.6) is 11.5 Å². The Balaban J connectivity index is 1.56. The lowest BCUT2D eigenvalue weighted by Gasteiger charge is -2.30. The van der Waals surface area contributed by atoms with Crippen LogP contribution < -0.4 is 15.0 Å². The molecule has 1 aliphatic heterocycles. The van der Waals surface area contributed by atoms with Gasteiger partial charge in [0.15, 0.2) is 5.69 Å². The van der Waals surface area contributed by atoms with Gasteiger partial charge in [0.25, 0.3) is 5.56 Å². The van der Waals surface area contributed by atoms with Gasteiger partial charge in [0, 0.05) is 35.9 Å². The van der Waals surface area contributed by atoms with Gasteiger partial charge in [-0.1, -0.05) is 60.7 Å². The van der Waals surface area contributed by atoms with Crippen LogP contribution in [0.4, 0.5) is 5.69 Å². The second-order valence-electron chi connectivity index (χ2n) is 10.3. The zero-order valence-corrected chi connectivity index (χ0v) is 24.2. The number of fused-ring (bicyclic) bond motifs is 1. The van der Waals surface area contributed by atoms with Gasteiger partial charge in [0.1, 0.15) is 17.3 Å². The summed E-state index contributed by atoms with van der Waals surface area (Å²) >= 11 is 0. The third-order valence-corrected chi connectivity index (χ3v) is 7.80. The maximum Gasteiger partial charge on any atom is 0.297 e. The van der Waals surface area contributed by atoms with Crippen molar-refractivity contribution in [2.75, 3.05) is 6.61 Å². The van der Waals surface area contributed by atoms with E-state index in [0.717, 1.165) is 45.1 Å². The van der Waals surface area contributed by atoms with Gasteiger partial charge < -0.3 is 9.47 Å². The fourth-order valence-corrected chi connectivity index (χ4v) is 5.59. The normalized spacial score (nSPS) is 14.6. The molecule has 2 heterocycles. The van der Waals surface area contributed by atoms with Crippen LogP contribution in [0.25, 0.3) is 11.4 Å². The van der Waals surface area contributed by atoms with E-state index in [-0.39, 0.29) is 11.5 Å². The third-order valence-electron chi connectivity index (χ3n) is 7.80. The Morgan fingerprint density at radius 1 is 0.857 bits per heavy atom. The summed E-state index contributed by atoms with van der Waals surface area (Å²) in [5.74, 6) is 2.15. The lowest BCUT2D eigenvalue weighted by Crippen LogP contribution is -2.19. The van der Waals surface area contributed by atoms with Crippen molar-refractivity contribution < 1.29 is 9.47 Å². The number of aliphatic imine (C=N–C) groups is 1. The maximum atomic E-state index is 13.7. The van der Waals surface area contributed by atoms with Gasteiger partial charge in [-0.25, -0.2) is 9.67 Å². The first-order chi connectivity index (χ1) is 20.5. The topological polar surface area (TPSA) is 57.8 Å². The van der Waals surface area contributed by atoms with Crippen LogP contribution in [0.1, 0.15) is 40.8 Å². The Hall–Kier alpha value is -5.10. The Kier molecular flexibility index (Phi) is 7.36. The summed E-state index contributed by atoms with van der Waals surface area (Å²) in [5, 5.41) is 0. The van der Waals surface area contributed by atoms with Crippen LogP contribution in [0, 0.1) is 13.8 Å². The van der Waals surface area contributed by atoms with E-state index in [1.54, 1.807) is 4.68 Å². The minimum atomic E-state index is -0.176. The molecule has 0 saturated heterocycles. The van der Waals surface area contributed by atoms with Crippen molar-refractivity contribution in [3.8, 4) is 17.2 Å². The summed E-state index contributed by atoms with van der Waals surface area (Å²) in [7, 11) is 1.88. The summed E-state index contributed by atoms with van der Waals surface area (Å²) in [6, 6.07) is 34.0. The molecule has 5 aromatic rings. The third kappa shape index (κ3) is 4.85. The van der Waals surface area contributed by atoms with Crippen molar-refractivity contribution in [1.82, 2.24) is 9.36 Å². The highest BCUT2D eigenvalue weighted by atomic mass is 16.5. The number of para-hydroxylation sites is 2. The lowest BCUT2D eigenvalue weighted by atomic mass is 9.80. The summed E-state index contributed by atoms with van der Waals surface area (Å²) in [6.07, 6.45) is 1.82. The molecule has 0 fully saturated rings. The second kappa shape index (κ2) is 11.4. The number of rotatable bonds is 7. The zero-order valence-electron chi connectivity index (χ0n) is 24.2. The van der Waals surface area contributed by atoms with Crippen LogP contribution >= 0.6 is 0 Å². The van der Waals surface area contributed by atoms with E-state index in [4.69, 9.17) is 14.5 Å². The van der Waals surface area contributed by atoms with Gasteiger partial charge in [0.2, 0.25) is 0 Å². The van der Waals surface area contributed by atoms with Crippen molar-refractivity contribution in [2.24, 2.45) is 12.0 Å². The summed E-state index contributed by atoms with van der Waals surface area (Å²) in [6.45, 7) is 6.60. The number of aromatic nitrogens is 2. The SMILES string of the molecule is CCOc1ccc(C2=C(C=Nc3c(C)n(C)n(-c4ccccc4)c3=O)[C@@H](c3ccccc3C)c3ccccc3O2)cc1. The van der Waals surface area contributed by atoms with E-state index in [1.807, 2.05) is 111 Å². The second-order valence-corrected chi connectivity index (χ2v) is 10.3. The van der Waals surface area contributed by atoms with Crippen LogP contribution in [0.2, 0.25) is 0 Å². The first kappa shape index (κ1) is 27.1. The van der Waals surface area contributed by atoms with E-state index in [2.05, 4.69) is 31.2 Å². The Labute approximate surface area is 245 Å². The van der Waals surface area contributed by atoms with Crippen molar-refractivity contribution in [3.05, 3.63) is 147 Å². The predicted octanol–water partition coefficient (Wildman–Crippen LogP) is 7.53. The van der Waals surface area contributed by atoms with Gasteiger partial charge in [-0.05, 0) is 74.4 Å². The van der Waals surface area contributed by atoms with Crippen molar-refractivity contribution in [1.29, 1.82) is 0 Å². The molecule has 0 saturated carbocycles. The summed E-state index contributed by atoms with van der Waals surface area (Å²) in [4.78, 5) is 18.6. The van der Waals surface area contributed by atoms with E-state index >= 15 is 0 Å². The standard InChI is InChI=1S/C36H33N3O3/c1-5-41-28-21-19-26(20-22-28)35-31(23-37-34-25(3)38(4)39(36(34)40)27-14-7-6-8-15-27)33(29-16-10-9-13-24(29)2)30-17-11-12-18-32(30)42-35/h6-23,33H,5H2,1-4H3/t33-/m0/s1. The Morgan fingerprint density at radius 3 is 2.24 bits per heavy atom. The van der Waals surface area contributed by atoms with E-state index in [1.165, 1.54) is 5.56 Å². The van der Waals surface area contributed by atoms with Gasteiger partial charge in [-0.3, -0.25) is 9.48 Å². The Bertz CT molecular complexity index is 1860. The number of benzene rings is 4. The number of nitrogens with zero attached hydrogens (tertiary/aromatic N) is 3. The average molecular weight is 556 g/mol. The van der Waals surface area contributed by atoms with Gasteiger partial charge in [0.05, 0.1) is 18.0 Å². The molecule has 0 amide bonds. The van der Waals surface area contributed by atoms with Crippen LogP contribution in [0.3, 0.4) is 0 Å². The zero-order chi connectivity index (χ0) is 29.2. The molecule has 0 radical (unpaired) electrons. The quantitative estimate of drug-likeness (QED) is 0.195. The predicted molar refractivity (Wildman–Crippen MR) is 169 cm³/mol. The largest absolute Gasteiger partial charge is 0.494 e. The number of allylic oxidation sites excluding steroid dienone is 1. The first-order valence-electron chi connectivity index (χ1n) is 14.2. The number of ether oxygens (including phenoxy) is 2. The number of hydrogen-bond acceptors (Lipinski definition) is 4. The molecular weight excluding hydrogens is 522 g/mol. The maximum absolute atomic E-state index is 13.7. The molecular formula is C36H33N3O3. The minimum Gasteiger partial charge on any atom is -0.494 e. The number of hydrogen-bond donors (Lipinski definition) is 0. The van der Waals surface area contributed by atoms with Crippen molar-refractivity contribution in [2.45, 2.75) is 26.7 Å². The lowest BCUT2D eigenvalue weighted by molar-refractivity contribution is 0.340. The van der Waals surface area contributed by atoms with E-state index < -0.39 is 0 Å². The average Bonchev–Trinajstić information content (AvgIpc) is 3.23. The minimum absolute atomic E-state index is 0.151. The molecule has 1 aromatic heterocycles. The molecule has 1 atom stereocenters. The molecule has 0 spiro atoms. The highest BCUT2D eigenvalue weighted by Crippen LogP contribution is 2.46. The van der Waals surface area contributed by atoms with E-state index in [9.17, 15) is 4.79 Å². The monoisotopic (exact) mass is 555 g/mol. The fraction of sp³-hybridized carbons (Fsp3) is 0.167. The van der Waals surface area contributed by atoms with Gasteiger partial charge >= 0.3 is 0 Å². The van der Waals surface area contributed by atoms with Crippen LogP contribution in [0.15, 0.2) is 118 Å². The molecule has 0 N–H and O–H groups in total. The molecule has 0 unspecified atom stereocenters. The first-order valence-corrected chi connectivity index (χ1v) is 14.2. The van der Waals surface area contributed by atoms with Crippen LogP contribution in [-0.2, 0) is 7.05 Å². The molecule has 6 rings (SSSR count). The molecule has 0 aliphatic carbocycles. The molecule has 0 bridgehead atoms.